The third kappa shape index (κ3) is 1.01. The Morgan fingerprint density at radius 3 is 2.91 bits per heavy atom. The van der Waals surface area contributed by atoms with Crippen molar-refractivity contribution in [1.82, 2.24) is 10.5 Å². The molecule has 1 atom stereocenters. The molecule has 1 saturated heterocycles. The van der Waals surface area contributed by atoms with Gasteiger partial charge in [-0.25, -0.2) is 0 Å². The van der Waals surface area contributed by atoms with E-state index in [4.69, 9.17) is 9.94 Å². The van der Waals surface area contributed by atoms with Gasteiger partial charge in [-0.3, -0.25) is 4.98 Å². The van der Waals surface area contributed by atoms with E-state index in [9.17, 15) is 0 Å². The van der Waals surface area contributed by atoms with Crippen LogP contribution in [0.15, 0.2) is 24.4 Å². The van der Waals surface area contributed by atoms with Gasteiger partial charge in [-0.05, 0) is 12.1 Å². The number of aromatic nitrogens is 1. The third-order valence-corrected chi connectivity index (χ3v) is 1.69. The molecule has 0 bridgehead atoms. The van der Waals surface area contributed by atoms with Crippen LogP contribution >= 0.6 is 0 Å². The first-order valence-electron chi connectivity index (χ1n) is 3.34. The number of hydroxylamine groups is 1. The normalized spacial score (nSPS) is 28.5. The highest BCUT2D eigenvalue weighted by molar-refractivity contribution is 5.16. The van der Waals surface area contributed by atoms with Crippen LogP contribution in [0, 0.1) is 0 Å². The van der Waals surface area contributed by atoms with Gasteiger partial charge in [0.2, 0.25) is 5.72 Å². The molecular formula is C7H8N2O2. The molecule has 1 fully saturated rings. The first kappa shape index (κ1) is 6.72. The predicted octanol–water partition coefficient (Wildman–Crippen LogP) is 0.243. The van der Waals surface area contributed by atoms with Gasteiger partial charge >= 0.3 is 0 Å². The summed E-state index contributed by atoms with van der Waals surface area (Å²) >= 11 is 0. The number of ether oxygens (including phenoxy) is 1. The largest absolute Gasteiger partial charge is 0.346 e. The van der Waals surface area contributed by atoms with Crippen LogP contribution in [-0.4, -0.2) is 16.8 Å². The Hall–Kier alpha value is -0.970. The molecule has 4 nitrogen and oxygen atoms in total. The fourth-order valence-electron chi connectivity index (χ4n) is 0.944. The molecular weight excluding hydrogens is 144 g/mol. The lowest BCUT2D eigenvalue weighted by atomic mass is 10.2. The topological polar surface area (TPSA) is 57.7 Å². The summed E-state index contributed by atoms with van der Waals surface area (Å²) in [5.74, 6) is 0. The van der Waals surface area contributed by atoms with Gasteiger partial charge in [-0.15, -0.1) is 0 Å². The van der Waals surface area contributed by atoms with Crippen LogP contribution in [0.4, 0.5) is 0 Å². The van der Waals surface area contributed by atoms with Crippen LogP contribution in [0.3, 0.4) is 0 Å². The van der Waals surface area contributed by atoms with E-state index >= 15 is 0 Å². The van der Waals surface area contributed by atoms with Crippen molar-refractivity contribution in [3.05, 3.63) is 30.1 Å². The Labute approximate surface area is 63.8 Å². The van der Waals surface area contributed by atoms with Gasteiger partial charge in [0.15, 0.2) is 0 Å². The van der Waals surface area contributed by atoms with Gasteiger partial charge in [0.05, 0.1) is 5.69 Å². The van der Waals surface area contributed by atoms with Gasteiger partial charge in [0.1, 0.15) is 6.61 Å². The lowest BCUT2D eigenvalue weighted by Gasteiger charge is -2.06. The molecule has 2 heterocycles. The third-order valence-electron chi connectivity index (χ3n) is 1.69. The highest BCUT2D eigenvalue weighted by Crippen LogP contribution is 2.33. The van der Waals surface area contributed by atoms with Crippen molar-refractivity contribution in [2.45, 2.75) is 5.72 Å². The Bertz CT molecular complexity index is 246. The van der Waals surface area contributed by atoms with Crippen molar-refractivity contribution < 1.29 is 9.94 Å². The first-order valence-corrected chi connectivity index (χ1v) is 3.34. The van der Waals surface area contributed by atoms with E-state index < -0.39 is 5.72 Å². The van der Waals surface area contributed by atoms with Crippen molar-refractivity contribution in [2.24, 2.45) is 0 Å². The lowest BCUT2D eigenvalue weighted by molar-refractivity contribution is 0.0522. The molecule has 1 aliphatic rings. The summed E-state index contributed by atoms with van der Waals surface area (Å²) in [6, 6.07) is 5.47. The monoisotopic (exact) mass is 152 g/mol. The molecule has 1 aliphatic heterocycles. The van der Waals surface area contributed by atoms with Gasteiger partial charge in [-0.1, -0.05) is 6.07 Å². The van der Waals surface area contributed by atoms with E-state index in [0.29, 0.717) is 12.3 Å². The number of nitrogens with zero attached hydrogens (tertiary/aromatic N) is 1. The number of hydrogen-bond donors (Lipinski definition) is 2. The standard InChI is InChI=1S/C7H8N2O2/c10-9-7(5-11-7)6-3-1-2-4-8-6/h1-4,9-10H,5H2. The zero-order valence-corrected chi connectivity index (χ0v) is 5.82. The second kappa shape index (κ2) is 2.27. The summed E-state index contributed by atoms with van der Waals surface area (Å²) in [6.07, 6.45) is 1.66. The van der Waals surface area contributed by atoms with Crippen LogP contribution in [0.2, 0.25) is 0 Å². The van der Waals surface area contributed by atoms with Crippen LogP contribution in [0.1, 0.15) is 5.69 Å². The molecule has 0 aliphatic carbocycles. The summed E-state index contributed by atoms with van der Waals surface area (Å²) in [5.41, 5.74) is 2.07. The van der Waals surface area contributed by atoms with E-state index in [-0.39, 0.29) is 0 Å². The molecule has 0 radical (unpaired) electrons. The van der Waals surface area contributed by atoms with Crippen molar-refractivity contribution in [3.63, 3.8) is 0 Å². The number of rotatable bonds is 2. The second-order valence-corrected chi connectivity index (χ2v) is 2.44. The minimum Gasteiger partial charge on any atom is -0.346 e. The molecule has 0 aromatic carbocycles. The lowest BCUT2D eigenvalue weighted by Crippen LogP contribution is -2.27. The maximum absolute atomic E-state index is 8.69. The summed E-state index contributed by atoms with van der Waals surface area (Å²) in [6.45, 7) is 0.473. The Morgan fingerprint density at radius 1 is 1.64 bits per heavy atom. The number of pyridine rings is 1. The zero-order valence-electron chi connectivity index (χ0n) is 5.82. The van der Waals surface area contributed by atoms with Gasteiger partial charge in [0.25, 0.3) is 0 Å². The Kier molecular flexibility index (Phi) is 1.38. The van der Waals surface area contributed by atoms with E-state index in [1.807, 2.05) is 12.1 Å². The Balaban J connectivity index is 2.30. The van der Waals surface area contributed by atoms with E-state index in [1.54, 1.807) is 12.3 Å². The molecule has 1 aromatic rings. The summed E-state index contributed by atoms with van der Waals surface area (Å²) < 4.78 is 5.01. The minimum atomic E-state index is -0.721. The van der Waals surface area contributed by atoms with Crippen LogP contribution in [-0.2, 0) is 10.5 Å². The number of epoxide rings is 1. The molecule has 2 rings (SSSR count). The van der Waals surface area contributed by atoms with E-state index in [2.05, 4.69) is 10.5 Å². The molecule has 0 amide bonds. The minimum absolute atomic E-state index is 0.473. The molecule has 4 heteroatoms. The van der Waals surface area contributed by atoms with E-state index in [0.717, 1.165) is 0 Å². The Morgan fingerprint density at radius 2 is 2.45 bits per heavy atom. The maximum Gasteiger partial charge on any atom is 0.207 e. The maximum atomic E-state index is 8.69. The quantitative estimate of drug-likeness (QED) is 0.471. The molecule has 11 heavy (non-hydrogen) atoms. The molecule has 2 N–H and O–H groups in total. The fourth-order valence-corrected chi connectivity index (χ4v) is 0.944. The summed E-state index contributed by atoms with van der Waals surface area (Å²) in [5, 5.41) is 8.69. The molecule has 0 spiro atoms. The second-order valence-electron chi connectivity index (χ2n) is 2.44. The van der Waals surface area contributed by atoms with E-state index in [1.165, 1.54) is 0 Å². The smallest absolute Gasteiger partial charge is 0.207 e. The number of nitrogens with one attached hydrogen (secondary N) is 1. The first-order chi connectivity index (χ1) is 5.37. The molecule has 0 saturated carbocycles. The van der Waals surface area contributed by atoms with Gasteiger partial charge in [-0.2, -0.15) is 5.48 Å². The average molecular weight is 152 g/mol. The predicted molar refractivity (Wildman–Crippen MR) is 36.8 cm³/mol. The zero-order chi connectivity index (χ0) is 7.73. The molecule has 1 unspecified atom stereocenters. The highest BCUT2D eigenvalue weighted by Gasteiger charge is 2.47. The van der Waals surface area contributed by atoms with Crippen molar-refractivity contribution in [1.29, 1.82) is 0 Å². The number of hydrogen-bond acceptors (Lipinski definition) is 4. The van der Waals surface area contributed by atoms with Crippen molar-refractivity contribution in [2.75, 3.05) is 6.61 Å². The molecule has 1 aromatic heterocycles. The summed E-state index contributed by atoms with van der Waals surface area (Å²) in [7, 11) is 0. The van der Waals surface area contributed by atoms with Crippen LogP contribution < -0.4 is 5.48 Å². The fraction of sp³-hybridized carbons (Fsp3) is 0.286. The van der Waals surface area contributed by atoms with Crippen LogP contribution in [0.5, 0.6) is 0 Å². The van der Waals surface area contributed by atoms with Crippen molar-refractivity contribution in [3.8, 4) is 0 Å². The van der Waals surface area contributed by atoms with Crippen molar-refractivity contribution >= 4 is 0 Å². The van der Waals surface area contributed by atoms with Gasteiger partial charge < -0.3 is 9.94 Å². The van der Waals surface area contributed by atoms with Crippen LogP contribution in [0.25, 0.3) is 0 Å². The SMILES string of the molecule is ONC1(c2ccccn2)CO1. The average Bonchev–Trinajstić information content (AvgIpc) is 2.86. The highest BCUT2D eigenvalue weighted by atomic mass is 16.7. The van der Waals surface area contributed by atoms with Gasteiger partial charge in [0, 0.05) is 6.20 Å². The summed E-state index contributed by atoms with van der Waals surface area (Å²) in [4.78, 5) is 4.04. The molecule has 58 valence electrons.